The molecule has 29 heavy (non-hydrogen) atoms. The van der Waals surface area contributed by atoms with Crippen molar-refractivity contribution in [1.29, 1.82) is 0 Å². The summed E-state index contributed by atoms with van der Waals surface area (Å²) in [6, 6.07) is 12.5. The highest BCUT2D eigenvalue weighted by molar-refractivity contribution is 5.99. The number of rotatable bonds is 7. The molecule has 0 unspecified atom stereocenters. The van der Waals surface area contributed by atoms with Crippen molar-refractivity contribution in [3.63, 3.8) is 0 Å². The van der Waals surface area contributed by atoms with Crippen LogP contribution in [0.3, 0.4) is 0 Å². The quantitative estimate of drug-likeness (QED) is 0.726. The number of nitrogens with zero attached hydrogens (tertiary/aromatic N) is 2. The maximum Gasteiger partial charge on any atom is 0.325 e. The van der Waals surface area contributed by atoms with Crippen LogP contribution >= 0.6 is 0 Å². The van der Waals surface area contributed by atoms with Gasteiger partial charge in [-0.05, 0) is 52.0 Å². The molecule has 1 heterocycles. The van der Waals surface area contributed by atoms with E-state index in [4.69, 9.17) is 4.74 Å². The van der Waals surface area contributed by atoms with Crippen LogP contribution in [0.2, 0.25) is 0 Å². The minimum Gasteiger partial charge on any atom is -0.465 e. The first kappa shape index (κ1) is 22.1. The maximum absolute atomic E-state index is 13.3. The molecule has 0 aliphatic heterocycles. The topological polar surface area (TPSA) is 88.6 Å². The van der Waals surface area contributed by atoms with Crippen LogP contribution in [0, 0.1) is 0 Å². The fraction of sp³-hybridized carbons (Fsp3) is 0.364. The lowest BCUT2D eigenvalue weighted by Crippen LogP contribution is -2.50. The predicted molar refractivity (Wildman–Crippen MR) is 109 cm³/mol. The van der Waals surface area contributed by atoms with E-state index in [9.17, 15) is 14.4 Å². The van der Waals surface area contributed by atoms with E-state index >= 15 is 0 Å². The molecule has 7 nitrogen and oxygen atoms in total. The van der Waals surface area contributed by atoms with E-state index in [2.05, 4.69) is 10.3 Å². The molecule has 1 aromatic heterocycles. The van der Waals surface area contributed by atoms with Crippen molar-refractivity contribution < 1.29 is 19.1 Å². The van der Waals surface area contributed by atoms with E-state index in [1.807, 2.05) is 20.8 Å². The summed E-state index contributed by atoms with van der Waals surface area (Å²) in [4.78, 5) is 44.2. The minimum absolute atomic E-state index is 0.175. The van der Waals surface area contributed by atoms with Crippen LogP contribution in [0.15, 0.2) is 54.7 Å². The van der Waals surface area contributed by atoms with Gasteiger partial charge in [-0.3, -0.25) is 19.4 Å². The van der Waals surface area contributed by atoms with Crippen molar-refractivity contribution in [2.24, 2.45) is 0 Å². The van der Waals surface area contributed by atoms with Crippen LogP contribution in [0.1, 0.15) is 49.8 Å². The zero-order chi connectivity index (χ0) is 21.4. The van der Waals surface area contributed by atoms with E-state index < -0.39 is 29.4 Å². The summed E-state index contributed by atoms with van der Waals surface area (Å²) in [5.74, 6) is -1.48. The van der Waals surface area contributed by atoms with Crippen LogP contribution in [-0.4, -0.2) is 46.4 Å². The third-order valence-electron chi connectivity index (χ3n) is 3.91. The van der Waals surface area contributed by atoms with Crippen LogP contribution in [-0.2, 0) is 14.3 Å². The first-order chi connectivity index (χ1) is 13.7. The molecule has 1 N–H and O–H groups in total. The van der Waals surface area contributed by atoms with Crippen molar-refractivity contribution >= 4 is 17.8 Å². The molecule has 1 atom stereocenters. The van der Waals surface area contributed by atoms with Gasteiger partial charge in [-0.15, -0.1) is 0 Å². The van der Waals surface area contributed by atoms with E-state index in [-0.39, 0.29) is 13.2 Å². The molecular weight excluding hydrogens is 370 g/mol. The Morgan fingerprint density at radius 2 is 1.72 bits per heavy atom. The van der Waals surface area contributed by atoms with Crippen molar-refractivity contribution in [2.75, 3.05) is 13.2 Å². The Bertz CT molecular complexity index is 832. The molecule has 0 spiro atoms. The number of carbonyl (C=O) groups excluding carboxylic acids is 3. The molecule has 2 rings (SSSR count). The molecule has 2 aromatic rings. The summed E-state index contributed by atoms with van der Waals surface area (Å²) in [6.07, 6.45) is 1.54. The van der Waals surface area contributed by atoms with Gasteiger partial charge in [-0.2, -0.15) is 0 Å². The fourth-order valence-electron chi connectivity index (χ4n) is 2.78. The largest absolute Gasteiger partial charge is 0.465 e. The minimum atomic E-state index is -1.09. The summed E-state index contributed by atoms with van der Waals surface area (Å²) in [5.41, 5.74) is 0.194. The van der Waals surface area contributed by atoms with Crippen molar-refractivity contribution in [3.8, 4) is 0 Å². The van der Waals surface area contributed by atoms with E-state index in [1.54, 1.807) is 61.7 Å². The van der Waals surface area contributed by atoms with Crippen LogP contribution in [0.5, 0.6) is 0 Å². The van der Waals surface area contributed by atoms with Gasteiger partial charge in [0.25, 0.3) is 5.91 Å². The summed E-state index contributed by atoms with van der Waals surface area (Å²) in [7, 11) is 0. The standard InChI is InChI=1S/C22H27N3O4/c1-5-29-18(26)15-25(21(28)16-11-7-6-8-12-16)19(17-13-9-10-14-23-17)20(27)24-22(2,3)4/h6-14,19H,5,15H2,1-4H3,(H,24,27)/t19-/m1/s1. The fourth-order valence-corrected chi connectivity index (χ4v) is 2.78. The first-order valence-electron chi connectivity index (χ1n) is 9.47. The van der Waals surface area contributed by atoms with Gasteiger partial charge in [0.2, 0.25) is 5.91 Å². The van der Waals surface area contributed by atoms with Gasteiger partial charge in [0.15, 0.2) is 6.04 Å². The van der Waals surface area contributed by atoms with E-state index in [1.165, 1.54) is 4.90 Å². The predicted octanol–water partition coefficient (Wildman–Crippen LogP) is 2.74. The van der Waals surface area contributed by atoms with Gasteiger partial charge in [0.05, 0.1) is 12.3 Å². The second-order valence-corrected chi connectivity index (χ2v) is 7.50. The second-order valence-electron chi connectivity index (χ2n) is 7.50. The summed E-state index contributed by atoms with van der Waals surface area (Å²) in [5, 5.41) is 2.88. The number of hydrogen-bond acceptors (Lipinski definition) is 5. The number of amides is 2. The van der Waals surface area contributed by atoms with Gasteiger partial charge in [-0.1, -0.05) is 24.3 Å². The van der Waals surface area contributed by atoms with Crippen molar-refractivity contribution in [2.45, 2.75) is 39.3 Å². The van der Waals surface area contributed by atoms with Crippen molar-refractivity contribution in [1.82, 2.24) is 15.2 Å². The molecule has 0 radical (unpaired) electrons. The SMILES string of the molecule is CCOC(=O)CN(C(=O)c1ccccc1)[C@@H](C(=O)NC(C)(C)C)c1ccccn1. The lowest BCUT2D eigenvalue weighted by atomic mass is 10.0. The molecule has 7 heteroatoms. The highest BCUT2D eigenvalue weighted by Crippen LogP contribution is 2.23. The number of aromatic nitrogens is 1. The molecule has 0 fully saturated rings. The number of nitrogens with one attached hydrogen (secondary N) is 1. The third kappa shape index (κ3) is 6.41. The van der Waals surface area contributed by atoms with Crippen LogP contribution < -0.4 is 5.32 Å². The Kier molecular flexibility index (Phi) is 7.47. The molecule has 154 valence electrons. The average Bonchev–Trinajstić information content (AvgIpc) is 2.67. The average molecular weight is 397 g/mol. The number of carbonyl (C=O) groups is 3. The number of pyridine rings is 1. The molecule has 2 amide bonds. The summed E-state index contributed by atoms with van der Waals surface area (Å²) in [6.45, 7) is 7.01. The van der Waals surface area contributed by atoms with Gasteiger partial charge in [0, 0.05) is 17.3 Å². The second kappa shape index (κ2) is 9.82. The Labute approximate surface area is 171 Å². The summed E-state index contributed by atoms with van der Waals surface area (Å²) < 4.78 is 5.04. The molecule has 0 aliphatic carbocycles. The first-order valence-corrected chi connectivity index (χ1v) is 9.47. The molecule has 0 saturated carbocycles. The molecular formula is C22H27N3O4. The lowest BCUT2D eigenvalue weighted by Gasteiger charge is -2.32. The van der Waals surface area contributed by atoms with Gasteiger partial charge in [0.1, 0.15) is 6.54 Å². The number of ether oxygens (including phenoxy) is 1. The maximum atomic E-state index is 13.3. The Morgan fingerprint density at radius 3 is 2.28 bits per heavy atom. The zero-order valence-corrected chi connectivity index (χ0v) is 17.2. The normalized spacial score (nSPS) is 12.0. The summed E-state index contributed by atoms with van der Waals surface area (Å²) >= 11 is 0. The van der Waals surface area contributed by atoms with Crippen LogP contribution in [0.4, 0.5) is 0 Å². The Morgan fingerprint density at radius 1 is 1.07 bits per heavy atom. The van der Waals surface area contributed by atoms with Gasteiger partial charge >= 0.3 is 5.97 Å². The molecule has 0 aliphatic rings. The highest BCUT2D eigenvalue weighted by Gasteiger charge is 2.36. The Balaban J connectivity index is 2.51. The Hall–Kier alpha value is -3.22. The van der Waals surface area contributed by atoms with Crippen LogP contribution in [0.25, 0.3) is 0 Å². The third-order valence-corrected chi connectivity index (χ3v) is 3.91. The molecule has 1 aromatic carbocycles. The number of hydrogen-bond donors (Lipinski definition) is 1. The van der Waals surface area contributed by atoms with Gasteiger partial charge in [-0.25, -0.2) is 0 Å². The zero-order valence-electron chi connectivity index (χ0n) is 17.2. The lowest BCUT2D eigenvalue weighted by molar-refractivity contribution is -0.145. The van der Waals surface area contributed by atoms with Gasteiger partial charge < -0.3 is 15.0 Å². The monoisotopic (exact) mass is 397 g/mol. The number of esters is 1. The highest BCUT2D eigenvalue weighted by atomic mass is 16.5. The van der Waals surface area contributed by atoms with E-state index in [0.717, 1.165) is 0 Å². The smallest absolute Gasteiger partial charge is 0.325 e. The molecule has 0 bridgehead atoms. The number of benzene rings is 1. The molecule has 0 saturated heterocycles. The van der Waals surface area contributed by atoms with Crippen molar-refractivity contribution in [3.05, 3.63) is 66.0 Å². The van der Waals surface area contributed by atoms with E-state index in [0.29, 0.717) is 11.3 Å².